The zero-order valence-electron chi connectivity index (χ0n) is 10.4. The van der Waals surface area contributed by atoms with Gasteiger partial charge < -0.3 is 8.85 Å². The molecule has 0 aromatic rings. The van der Waals surface area contributed by atoms with Crippen molar-refractivity contribution in [2.45, 2.75) is 65.1 Å². The normalized spacial score (nSPS) is 15.9. The Kier molecular flexibility index (Phi) is 7.50. The second-order valence-electron chi connectivity index (χ2n) is 4.32. The molecular weight excluding hydrogens is 192 g/mol. The van der Waals surface area contributed by atoms with E-state index < -0.39 is 8.56 Å². The van der Waals surface area contributed by atoms with Gasteiger partial charge in [0.25, 0.3) is 0 Å². The van der Waals surface area contributed by atoms with E-state index in [-0.39, 0.29) is 6.10 Å². The molecule has 86 valence electrons. The minimum absolute atomic E-state index is 0.290. The van der Waals surface area contributed by atoms with Crippen LogP contribution in [0.5, 0.6) is 0 Å². The first kappa shape index (κ1) is 14.1. The van der Waals surface area contributed by atoms with Gasteiger partial charge in [-0.05, 0) is 26.4 Å². The topological polar surface area (TPSA) is 18.5 Å². The molecule has 0 spiro atoms. The molecule has 0 aliphatic rings. The lowest BCUT2D eigenvalue weighted by Crippen LogP contribution is -2.39. The smallest absolute Gasteiger partial charge is 0.334 e. The van der Waals surface area contributed by atoms with E-state index in [0.29, 0.717) is 0 Å². The molecule has 0 aromatic heterocycles. The quantitative estimate of drug-likeness (QED) is 0.457. The lowest BCUT2D eigenvalue weighted by molar-refractivity contribution is 0.157. The van der Waals surface area contributed by atoms with Crippen molar-refractivity contribution >= 4 is 8.56 Å². The van der Waals surface area contributed by atoms with Crippen LogP contribution in [0.1, 0.15) is 46.5 Å². The molecule has 0 heterocycles. The summed E-state index contributed by atoms with van der Waals surface area (Å²) in [6, 6.07) is 1.13. The van der Waals surface area contributed by atoms with Gasteiger partial charge in [-0.25, -0.2) is 0 Å². The summed E-state index contributed by atoms with van der Waals surface area (Å²) in [5.41, 5.74) is 0. The van der Waals surface area contributed by atoms with E-state index in [4.69, 9.17) is 8.85 Å². The molecule has 0 bridgehead atoms. The van der Waals surface area contributed by atoms with E-state index in [1.54, 1.807) is 7.11 Å². The Morgan fingerprint density at radius 3 is 2.21 bits per heavy atom. The second-order valence-corrected chi connectivity index (χ2v) is 7.73. The van der Waals surface area contributed by atoms with Gasteiger partial charge in [-0.1, -0.05) is 32.6 Å². The average Bonchev–Trinajstić information content (AvgIpc) is 2.11. The summed E-state index contributed by atoms with van der Waals surface area (Å²) in [5.74, 6) is 0. The Morgan fingerprint density at radius 1 is 1.14 bits per heavy atom. The molecule has 2 nitrogen and oxygen atoms in total. The number of unbranched alkanes of at least 4 members (excludes halogenated alkanes) is 3. The van der Waals surface area contributed by atoms with E-state index >= 15 is 0 Å². The highest BCUT2D eigenvalue weighted by molar-refractivity contribution is 6.66. The molecule has 14 heavy (non-hydrogen) atoms. The summed E-state index contributed by atoms with van der Waals surface area (Å²) in [5, 5.41) is 0. The Balaban J connectivity index is 3.75. The maximum atomic E-state index is 5.88. The van der Waals surface area contributed by atoms with Gasteiger partial charge >= 0.3 is 8.56 Å². The van der Waals surface area contributed by atoms with Gasteiger partial charge in [0.2, 0.25) is 0 Å². The van der Waals surface area contributed by atoms with Gasteiger partial charge in [0.05, 0.1) is 0 Å². The van der Waals surface area contributed by atoms with Crippen molar-refractivity contribution < 1.29 is 8.85 Å². The fourth-order valence-electron chi connectivity index (χ4n) is 1.58. The molecule has 0 saturated carbocycles. The molecule has 0 fully saturated rings. The van der Waals surface area contributed by atoms with Crippen LogP contribution in [0.15, 0.2) is 0 Å². The minimum atomic E-state index is -1.84. The van der Waals surface area contributed by atoms with E-state index in [9.17, 15) is 0 Å². The predicted octanol–water partition coefficient (Wildman–Crippen LogP) is 3.71. The minimum Gasteiger partial charge on any atom is -0.398 e. The summed E-state index contributed by atoms with van der Waals surface area (Å²) in [4.78, 5) is 0. The molecule has 0 N–H and O–H groups in total. The Morgan fingerprint density at radius 2 is 1.79 bits per heavy atom. The average molecular weight is 218 g/mol. The lowest BCUT2D eigenvalue weighted by Gasteiger charge is -2.27. The number of hydrogen-bond acceptors (Lipinski definition) is 2. The zero-order chi connectivity index (χ0) is 11.0. The maximum Gasteiger partial charge on any atom is 0.334 e. The van der Waals surface area contributed by atoms with Crippen molar-refractivity contribution in [3.63, 3.8) is 0 Å². The van der Waals surface area contributed by atoms with Crippen LogP contribution >= 0.6 is 0 Å². The number of hydrogen-bond donors (Lipinski definition) is 0. The lowest BCUT2D eigenvalue weighted by atomic mass is 10.2. The molecule has 0 aromatic carbocycles. The Bertz CT molecular complexity index is 139. The van der Waals surface area contributed by atoms with Crippen LogP contribution in [0.25, 0.3) is 0 Å². The third-order valence-electron chi connectivity index (χ3n) is 2.40. The van der Waals surface area contributed by atoms with E-state index in [1.807, 2.05) is 0 Å². The molecule has 3 heteroatoms. The summed E-state index contributed by atoms with van der Waals surface area (Å²) in [6.07, 6.45) is 5.46. The SMILES string of the molecule is CCCCCC[Si](C)(OC)OC(C)C. The number of rotatable bonds is 8. The van der Waals surface area contributed by atoms with Gasteiger partial charge in [-0.3, -0.25) is 0 Å². The highest BCUT2D eigenvalue weighted by atomic mass is 28.4. The second kappa shape index (κ2) is 7.43. The molecule has 0 saturated heterocycles. The molecule has 0 amide bonds. The van der Waals surface area contributed by atoms with Gasteiger partial charge in [-0.2, -0.15) is 0 Å². The Labute approximate surface area is 90.2 Å². The monoisotopic (exact) mass is 218 g/mol. The Hall–Kier alpha value is 0.137. The van der Waals surface area contributed by atoms with Crippen LogP contribution in [0.3, 0.4) is 0 Å². The molecule has 0 aliphatic heterocycles. The van der Waals surface area contributed by atoms with Crippen LogP contribution in [0.4, 0.5) is 0 Å². The third-order valence-corrected chi connectivity index (χ3v) is 5.50. The maximum absolute atomic E-state index is 5.88. The predicted molar refractivity (Wildman–Crippen MR) is 63.8 cm³/mol. The van der Waals surface area contributed by atoms with Gasteiger partial charge in [0.15, 0.2) is 0 Å². The molecule has 1 unspecified atom stereocenters. The molecule has 0 radical (unpaired) electrons. The first-order valence-electron chi connectivity index (χ1n) is 5.77. The summed E-state index contributed by atoms with van der Waals surface area (Å²) in [7, 11) is -0.0503. The summed E-state index contributed by atoms with van der Waals surface area (Å²) in [6.45, 7) is 8.56. The molecule has 0 rings (SSSR count). The van der Waals surface area contributed by atoms with Crippen molar-refractivity contribution in [2.24, 2.45) is 0 Å². The van der Waals surface area contributed by atoms with E-state index in [1.165, 1.54) is 25.7 Å². The standard InChI is InChI=1S/C11H26O2Si/c1-6-7-8-9-10-14(5,12-4)13-11(2)3/h11H,6-10H2,1-5H3. The van der Waals surface area contributed by atoms with E-state index in [2.05, 4.69) is 27.3 Å². The van der Waals surface area contributed by atoms with Crippen LogP contribution in [-0.4, -0.2) is 21.8 Å². The fraction of sp³-hybridized carbons (Fsp3) is 1.00. The first-order chi connectivity index (χ1) is 6.54. The van der Waals surface area contributed by atoms with Gasteiger partial charge in [0.1, 0.15) is 0 Å². The van der Waals surface area contributed by atoms with Crippen LogP contribution in [0.2, 0.25) is 12.6 Å². The van der Waals surface area contributed by atoms with Gasteiger partial charge in [-0.15, -0.1) is 0 Å². The van der Waals surface area contributed by atoms with Crippen molar-refractivity contribution in [3.05, 3.63) is 0 Å². The molecular formula is C11H26O2Si. The fourth-order valence-corrected chi connectivity index (χ4v) is 3.89. The molecule has 0 aliphatic carbocycles. The van der Waals surface area contributed by atoms with Crippen LogP contribution < -0.4 is 0 Å². The first-order valence-corrected chi connectivity index (χ1v) is 8.29. The largest absolute Gasteiger partial charge is 0.398 e. The van der Waals surface area contributed by atoms with Crippen LogP contribution in [0, 0.1) is 0 Å². The van der Waals surface area contributed by atoms with Gasteiger partial charge in [0, 0.05) is 13.2 Å². The van der Waals surface area contributed by atoms with Crippen molar-refractivity contribution in [2.75, 3.05) is 7.11 Å². The molecule has 1 atom stereocenters. The summed E-state index contributed by atoms with van der Waals surface area (Å²) < 4.78 is 11.4. The van der Waals surface area contributed by atoms with Crippen LogP contribution in [-0.2, 0) is 8.85 Å². The summed E-state index contributed by atoms with van der Waals surface area (Å²) >= 11 is 0. The highest BCUT2D eigenvalue weighted by Gasteiger charge is 2.30. The zero-order valence-corrected chi connectivity index (χ0v) is 11.4. The third kappa shape index (κ3) is 6.57. The highest BCUT2D eigenvalue weighted by Crippen LogP contribution is 2.19. The van der Waals surface area contributed by atoms with Crippen molar-refractivity contribution in [1.29, 1.82) is 0 Å². The van der Waals surface area contributed by atoms with E-state index in [0.717, 1.165) is 6.04 Å². The van der Waals surface area contributed by atoms with Crippen molar-refractivity contribution in [1.82, 2.24) is 0 Å². The van der Waals surface area contributed by atoms with Crippen molar-refractivity contribution in [3.8, 4) is 0 Å².